The maximum absolute atomic E-state index is 12.9. The first-order valence-corrected chi connectivity index (χ1v) is 8.12. The lowest BCUT2D eigenvalue weighted by molar-refractivity contribution is 0.0735. The average molecular weight is 309 g/mol. The summed E-state index contributed by atoms with van der Waals surface area (Å²) >= 11 is 0. The van der Waals surface area contributed by atoms with Crippen LogP contribution < -0.4 is 4.74 Å². The standard InChI is InChI=1S/C20H23NO2/c1-14-6-7-17(13-15(14)2)20(22)21-12-4-5-19(21)16-8-10-18(23-3)11-9-16/h6-11,13,19H,4-5,12H2,1-3H3/t19-/m0/s1. The highest BCUT2D eigenvalue weighted by Gasteiger charge is 2.30. The summed E-state index contributed by atoms with van der Waals surface area (Å²) in [6.07, 6.45) is 2.07. The van der Waals surface area contributed by atoms with Crippen molar-refractivity contribution >= 4 is 5.91 Å². The van der Waals surface area contributed by atoms with Crippen LogP contribution in [0, 0.1) is 13.8 Å². The van der Waals surface area contributed by atoms with Crippen molar-refractivity contribution in [3.63, 3.8) is 0 Å². The van der Waals surface area contributed by atoms with E-state index in [-0.39, 0.29) is 11.9 Å². The molecule has 3 nitrogen and oxygen atoms in total. The van der Waals surface area contributed by atoms with E-state index in [0.717, 1.165) is 36.3 Å². The Labute approximate surface area is 137 Å². The molecule has 1 heterocycles. The Morgan fingerprint density at radius 1 is 1.09 bits per heavy atom. The van der Waals surface area contributed by atoms with Gasteiger partial charge in [0, 0.05) is 12.1 Å². The number of hydrogen-bond acceptors (Lipinski definition) is 2. The van der Waals surface area contributed by atoms with Crippen LogP contribution >= 0.6 is 0 Å². The smallest absolute Gasteiger partial charge is 0.254 e. The van der Waals surface area contributed by atoms with E-state index in [9.17, 15) is 4.79 Å². The Kier molecular flexibility index (Phi) is 4.37. The number of methoxy groups -OCH3 is 1. The van der Waals surface area contributed by atoms with E-state index in [1.165, 1.54) is 11.1 Å². The maximum atomic E-state index is 12.9. The number of likely N-dealkylation sites (tertiary alicyclic amines) is 1. The van der Waals surface area contributed by atoms with E-state index in [0.29, 0.717) is 0 Å². The number of ether oxygens (including phenoxy) is 1. The summed E-state index contributed by atoms with van der Waals surface area (Å²) in [5.74, 6) is 0.977. The van der Waals surface area contributed by atoms with Gasteiger partial charge in [-0.3, -0.25) is 4.79 Å². The van der Waals surface area contributed by atoms with Gasteiger partial charge in [0.05, 0.1) is 13.2 Å². The van der Waals surface area contributed by atoms with E-state index in [1.807, 2.05) is 35.2 Å². The van der Waals surface area contributed by atoms with Gasteiger partial charge in [0.2, 0.25) is 0 Å². The summed E-state index contributed by atoms with van der Waals surface area (Å²) in [5, 5.41) is 0. The van der Waals surface area contributed by atoms with Gasteiger partial charge in [-0.1, -0.05) is 18.2 Å². The topological polar surface area (TPSA) is 29.5 Å². The normalized spacial score (nSPS) is 17.3. The van der Waals surface area contributed by atoms with Crippen LogP contribution in [-0.2, 0) is 0 Å². The van der Waals surface area contributed by atoms with Crippen LogP contribution in [0.4, 0.5) is 0 Å². The molecular formula is C20H23NO2. The molecule has 0 saturated carbocycles. The summed E-state index contributed by atoms with van der Waals surface area (Å²) in [6, 6.07) is 14.2. The number of hydrogen-bond donors (Lipinski definition) is 0. The van der Waals surface area contributed by atoms with Crippen molar-refractivity contribution in [1.82, 2.24) is 4.90 Å². The average Bonchev–Trinajstić information content (AvgIpc) is 3.06. The minimum absolute atomic E-state index is 0.131. The zero-order valence-corrected chi connectivity index (χ0v) is 14.0. The van der Waals surface area contributed by atoms with E-state index < -0.39 is 0 Å². The first-order chi connectivity index (χ1) is 11.1. The Morgan fingerprint density at radius 2 is 1.83 bits per heavy atom. The molecule has 3 heteroatoms. The molecule has 0 N–H and O–H groups in total. The summed E-state index contributed by atoms with van der Waals surface area (Å²) < 4.78 is 5.22. The van der Waals surface area contributed by atoms with Crippen molar-refractivity contribution in [3.8, 4) is 5.75 Å². The number of nitrogens with zero attached hydrogens (tertiary/aromatic N) is 1. The van der Waals surface area contributed by atoms with Gasteiger partial charge < -0.3 is 9.64 Å². The lowest BCUT2D eigenvalue weighted by Gasteiger charge is -2.25. The highest BCUT2D eigenvalue weighted by atomic mass is 16.5. The lowest BCUT2D eigenvalue weighted by Crippen LogP contribution is -2.30. The Hall–Kier alpha value is -2.29. The van der Waals surface area contributed by atoms with Crippen LogP contribution in [0.2, 0.25) is 0 Å². The Balaban J connectivity index is 1.85. The van der Waals surface area contributed by atoms with Crippen molar-refractivity contribution in [3.05, 3.63) is 64.7 Å². The van der Waals surface area contributed by atoms with Gasteiger partial charge >= 0.3 is 0 Å². The largest absolute Gasteiger partial charge is 0.497 e. The molecule has 23 heavy (non-hydrogen) atoms. The number of aryl methyl sites for hydroxylation is 2. The third kappa shape index (κ3) is 3.09. The minimum atomic E-state index is 0.131. The number of carbonyl (C=O) groups excluding carboxylic acids is 1. The summed E-state index contributed by atoms with van der Waals surface area (Å²) in [5.41, 5.74) is 4.35. The van der Waals surface area contributed by atoms with Crippen LogP contribution in [-0.4, -0.2) is 24.5 Å². The Bertz CT molecular complexity index is 706. The molecule has 1 aliphatic heterocycles. The van der Waals surface area contributed by atoms with Crippen LogP contribution in [0.1, 0.15) is 45.9 Å². The fourth-order valence-corrected chi connectivity index (χ4v) is 3.22. The van der Waals surface area contributed by atoms with Crippen LogP contribution in [0.25, 0.3) is 0 Å². The fraction of sp³-hybridized carbons (Fsp3) is 0.350. The molecule has 0 spiro atoms. The second-order valence-corrected chi connectivity index (χ2v) is 6.23. The molecule has 1 fully saturated rings. The van der Waals surface area contributed by atoms with E-state index in [1.54, 1.807) is 7.11 Å². The van der Waals surface area contributed by atoms with Crippen molar-refractivity contribution in [2.45, 2.75) is 32.7 Å². The zero-order valence-electron chi connectivity index (χ0n) is 14.0. The molecule has 2 aromatic rings. The van der Waals surface area contributed by atoms with Gasteiger partial charge in [-0.25, -0.2) is 0 Å². The lowest BCUT2D eigenvalue weighted by atomic mass is 10.0. The highest BCUT2D eigenvalue weighted by molar-refractivity contribution is 5.95. The quantitative estimate of drug-likeness (QED) is 0.846. The second kappa shape index (κ2) is 6.45. The van der Waals surface area contributed by atoms with Crippen LogP contribution in [0.15, 0.2) is 42.5 Å². The second-order valence-electron chi connectivity index (χ2n) is 6.23. The number of carbonyl (C=O) groups is 1. The predicted octanol–water partition coefficient (Wildman–Crippen LogP) is 4.29. The third-order valence-corrected chi connectivity index (χ3v) is 4.77. The molecule has 120 valence electrons. The molecule has 1 amide bonds. The molecule has 1 aliphatic rings. The van der Waals surface area contributed by atoms with Crippen molar-refractivity contribution in [1.29, 1.82) is 0 Å². The van der Waals surface area contributed by atoms with Gasteiger partial charge in [-0.15, -0.1) is 0 Å². The van der Waals surface area contributed by atoms with Crippen LogP contribution in [0.5, 0.6) is 5.75 Å². The third-order valence-electron chi connectivity index (χ3n) is 4.77. The Morgan fingerprint density at radius 3 is 2.48 bits per heavy atom. The molecule has 2 aromatic carbocycles. The molecule has 1 atom stereocenters. The number of benzene rings is 2. The molecule has 0 bridgehead atoms. The molecule has 3 rings (SSSR count). The van der Waals surface area contributed by atoms with Gasteiger partial charge in [-0.2, -0.15) is 0 Å². The first-order valence-electron chi connectivity index (χ1n) is 8.12. The monoisotopic (exact) mass is 309 g/mol. The van der Waals surface area contributed by atoms with Gasteiger partial charge in [0.25, 0.3) is 5.91 Å². The molecule has 1 saturated heterocycles. The van der Waals surface area contributed by atoms with Gasteiger partial charge in [-0.05, 0) is 67.6 Å². The minimum Gasteiger partial charge on any atom is -0.497 e. The predicted molar refractivity (Wildman–Crippen MR) is 91.9 cm³/mol. The summed E-state index contributed by atoms with van der Waals surface area (Å²) in [7, 11) is 1.67. The first kappa shape index (κ1) is 15.6. The van der Waals surface area contributed by atoms with Crippen LogP contribution in [0.3, 0.4) is 0 Å². The number of rotatable bonds is 3. The molecular weight excluding hydrogens is 286 g/mol. The van der Waals surface area contributed by atoms with E-state index in [4.69, 9.17) is 4.74 Å². The molecule has 0 unspecified atom stereocenters. The van der Waals surface area contributed by atoms with Crippen molar-refractivity contribution in [2.75, 3.05) is 13.7 Å². The highest BCUT2D eigenvalue weighted by Crippen LogP contribution is 2.34. The van der Waals surface area contributed by atoms with Crippen molar-refractivity contribution in [2.24, 2.45) is 0 Å². The number of amides is 1. The van der Waals surface area contributed by atoms with Gasteiger partial charge in [0.15, 0.2) is 0 Å². The molecule has 0 aliphatic carbocycles. The van der Waals surface area contributed by atoms with E-state index in [2.05, 4.69) is 26.0 Å². The fourth-order valence-electron chi connectivity index (χ4n) is 3.22. The molecule has 0 aromatic heterocycles. The van der Waals surface area contributed by atoms with E-state index >= 15 is 0 Å². The van der Waals surface area contributed by atoms with Gasteiger partial charge in [0.1, 0.15) is 5.75 Å². The summed E-state index contributed by atoms with van der Waals surface area (Å²) in [4.78, 5) is 14.9. The van der Waals surface area contributed by atoms with Crippen molar-refractivity contribution < 1.29 is 9.53 Å². The molecule has 0 radical (unpaired) electrons. The summed E-state index contributed by atoms with van der Waals surface area (Å²) in [6.45, 7) is 4.94. The SMILES string of the molecule is COc1ccc([C@@H]2CCCN2C(=O)c2ccc(C)c(C)c2)cc1. The maximum Gasteiger partial charge on any atom is 0.254 e. The zero-order chi connectivity index (χ0) is 16.4.